The number of carbonyl (C=O) groups is 2. The maximum Gasteiger partial charge on any atom is 0.229 e. The lowest BCUT2D eigenvalue weighted by Crippen LogP contribution is -2.43. The van der Waals surface area contributed by atoms with Crippen LogP contribution in [0.2, 0.25) is 0 Å². The minimum Gasteiger partial charge on any atom is -0.342 e. The van der Waals surface area contributed by atoms with Crippen molar-refractivity contribution in [1.29, 1.82) is 0 Å². The summed E-state index contributed by atoms with van der Waals surface area (Å²) in [4.78, 5) is 30.5. The summed E-state index contributed by atoms with van der Waals surface area (Å²) in [5.74, 6) is -0.0590. The van der Waals surface area contributed by atoms with Crippen molar-refractivity contribution in [3.8, 4) is 0 Å². The fourth-order valence-electron chi connectivity index (χ4n) is 3.02. The van der Waals surface area contributed by atoms with Crippen molar-refractivity contribution >= 4 is 28.4 Å². The molecule has 1 unspecified atom stereocenters. The fraction of sp³-hybridized carbons (Fsp3) is 0.389. The van der Waals surface area contributed by atoms with E-state index in [0.29, 0.717) is 18.7 Å². The van der Waals surface area contributed by atoms with Crippen LogP contribution < -0.4 is 5.32 Å². The van der Waals surface area contributed by atoms with Crippen LogP contribution >= 0.6 is 0 Å². The summed E-state index contributed by atoms with van der Waals surface area (Å²) in [6, 6.07) is 9.73. The van der Waals surface area contributed by atoms with Crippen LogP contribution in [0, 0.1) is 5.92 Å². The molecule has 3 rings (SSSR count). The van der Waals surface area contributed by atoms with Gasteiger partial charge in [0.05, 0.1) is 23.3 Å². The van der Waals surface area contributed by atoms with Crippen LogP contribution in [0.25, 0.3) is 10.9 Å². The summed E-state index contributed by atoms with van der Waals surface area (Å²) in [6.07, 6.45) is 3.86. The number of anilines is 1. The third kappa shape index (κ3) is 3.50. The first-order valence-electron chi connectivity index (χ1n) is 8.11. The summed E-state index contributed by atoms with van der Waals surface area (Å²) in [5.41, 5.74) is 1.61. The second-order valence-electron chi connectivity index (χ2n) is 5.94. The van der Waals surface area contributed by atoms with Crippen LogP contribution in [0.4, 0.5) is 5.69 Å². The molecule has 2 aromatic rings. The first-order valence-corrected chi connectivity index (χ1v) is 8.11. The van der Waals surface area contributed by atoms with Gasteiger partial charge in [0.15, 0.2) is 0 Å². The second kappa shape index (κ2) is 6.77. The summed E-state index contributed by atoms with van der Waals surface area (Å²) < 4.78 is 0. The normalized spacial score (nSPS) is 18.0. The van der Waals surface area contributed by atoms with Gasteiger partial charge >= 0.3 is 0 Å². The molecule has 0 saturated carbocycles. The molecule has 2 heterocycles. The van der Waals surface area contributed by atoms with E-state index in [9.17, 15) is 9.59 Å². The summed E-state index contributed by atoms with van der Waals surface area (Å²) in [6.45, 7) is 3.13. The van der Waals surface area contributed by atoms with Crippen molar-refractivity contribution in [2.24, 2.45) is 5.92 Å². The zero-order valence-corrected chi connectivity index (χ0v) is 13.3. The van der Waals surface area contributed by atoms with Gasteiger partial charge in [-0.05, 0) is 25.0 Å². The van der Waals surface area contributed by atoms with Gasteiger partial charge in [0.25, 0.3) is 0 Å². The highest BCUT2D eigenvalue weighted by Crippen LogP contribution is 2.21. The number of benzene rings is 1. The van der Waals surface area contributed by atoms with Crippen LogP contribution in [0.15, 0.2) is 36.5 Å². The molecule has 1 aromatic carbocycles. The van der Waals surface area contributed by atoms with Crippen molar-refractivity contribution in [3.05, 3.63) is 36.5 Å². The van der Waals surface area contributed by atoms with Gasteiger partial charge in [-0.2, -0.15) is 0 Å². The second-order valence-corrected chi connectivity index (χ2v) is 5.94. The predicted molar refractivity (Wildman–Crippen MR) is 90.0 cm³/mol. The fourth-order valence-corrected chi connectivity index (χ4v) is 3.02. The Labute approximate surface area is 135 Å². The molecule has 120 valence electrons. The quantitative estimate of drug-likeness (QED) is 0.948. The predicted octanol–water partition coefficient (Wildman–Crippen LogP) is 2.82. The molecular formula is C18H21N3O2. The molecule has 0 aliphatic carbocycles. The van der Waals surface area contributed by atoms with Gasteiger partial charge < -0.3 is 10.2 Å². The molecule has 1 aliphatic heterocycles. The Hall–Kier alpha value is -2.43. The molecule has 5 heteroatoms. The summed E-state index contributed by atoms with van der Waals surface area (Å²) in [5, 5.41) is 3.94. The Balaban J connectivity index is 1.68. The molecule has 5 nitrogen and oxygen atoms in total. The molecule has 23 heavy (non-hydrogen) atoms. The number of pyridine rings is 1. The number of amides is 2. The monoisotopic (exact) mass is 311 g/mol. The topological polar surface area (TPSA) is 62.3 Å². The third-order valence-electron chi connectivity index (χ3n) is 4.31. The number of aromatic nitrogens is 1. The number of fused-ring (bicyclic) bond motifs is 1. The lowest BCUT2D eigenvalue weighted by molar-refractivity contribution is -0.134. The number of piperidine rings is 1. The largest absolute Gasteiger partial charge is 0.342 e. The minimum absolute atomic E-state index is 0.0318. The summed E-state index contributed by atoms with van der Waals surface area (Å²) >= 11 is 0. The minimum atomic E-state index is -0.147. The van der Waals surface area contributed by atoms with E-state index in [1.807, 2.05) is 37.3 Å². The van der Waals surface area contributed by atoms with E-state index in [-0.39, 0.29) is 17.7 Å². The van der Waals surface area contributed by atoms with Crippen LogP contribution in [0.3, 0.4) is 0 Å². The molecule has 0 radical (unpaired) electrons. The Bertz CT molecular complexity index is 729. The van der Waals surface area contributed by atoms with Gasteiger partial charge in [0.2, 0.25) is 11.8 Å². The Morgan fingerprint density at radius 1 is 1.35 bits per heavy atom. The molecule has 1 aromatic heterocycles. The first-order chi connectivity index (χ1) is 11.2. The van der Waals surface area contributed by atoms with Gasteiger partial charge in [0, 0.05) is 24.9 Å². The molecule has 1 fully saturated rings. The number of nitrogens with one attached hydrogen (secondary N) is 1. The Kier molecular flexibility index (Phi) is 4.55. The maximum atomic E-state index is 12.5. The molecule has 0 bridgehead atoms. The van der Waals surface area contributed by atoms with E-state index >= 15 is 0 Å². The molecular weight excluding hydrogens is 290 g/mol. The van der Waals surface area contributed by atoms with Gasteiger partial charge in [0.1, 0.15) is 0 Å². The van der Waals surface area contributed by atoms with Crippen molar-refractivity contribution < 1.29 is 9.59 Å². The molecule has 1 saturated heterocycles. The van der Waals surface area contributed by atoms with E-state index < -0.39 is 0 Å². The number of likely N-dealkylation sites (tertiary alicyclic amines) is 1. The van der Waals surface area contributed by atoms with Crippen LogP contribution in [0.1, 0.15) is 26.2 Å². The van der Waals surface area contributed by atoms with Crippen LogP contribution in [-0.2, 0) is 9.59 Å². The number of rotatable bonds is 3. The lowest BCUT2D eigenvalue weighted by Gasteiger charge is -2.31. The van der Waals surface area contributed by atoms with Crippen molar-refractivity contribution in [2.45, 2.75) is 26.2 Å². The molecule has 1 aliphatic rings. The first kappa shape index (κ1) is 15.5. The van der Waals surface area contributed by atoms with Crippen molar-refractivity contribution in [1.82, 2.24) is 9.88 Å². The standard InChI is InChI=1S/C18H21N3O2/c1-2-17(22)21-9-5-7-14(12-21)18(23)20-15-10-13-6-3-4-8-16(13)19-11-15/h3-4,6,8,10-11,14H,2,5,7,9,12H2,1H3,(H,20,23). The van der Waals surface area contributed by atoms with E-state index in [1.165, 1.54) is 0 Å². The average molecular weight is 311 g/mol. The molecule has 2 amide bonds. The average Bonchev–Trinajstić information content (AvgIpc) is 2.61. The van der Waals surface area contributed by atoms with Gasteiger partial charge in [-0.1, -0.05) is 25.1 Å². The Morgan fingerprint density at radius 3 is 3.00 bits per heavy atom. The number of hydrogen-bond donors (Lipinski definition) is 1. The van der Waals surface area contributed by atoms with Gasteiger partial charge in [-0.15, -0.1) is 0 Å². The van der Waals surface area contributed by atoms with Crippen LogP contribution in [-0.4, -0.2) is 34.8 Å². The number of para-hydroxylation sites is 1. The van der Waals surface area contributed by atoms with E-state index in [1.54, 1.807) is 11.1 Å². The van der Waals surface area contributed by atoms with Crippen LogP contribution in [0.5, 0.6) is 0 Å². The lowest BCUT2D eigenvalue weighted by atomic mass is 9.96. The molecule has 1 N–H and O–H groups in total. The zero-order chi connectivity index (χ0) is 16.2. The van der Waals surface area contributed by atoms with E-state index in [4.69, 9.17) is 0 Å². The summed E-state index contributed by atoms with van der Waals surface area (Å²) in [7, 11) is 0. The number of hydrogen-bond acceptors (Lipinski definition) is 3. The van der Waals surface area contributed by atoms with E-state index in [2.05, 4.69) is 10.3 Å². The molecule has 1 atom stereocenters. The van der Waals surface area contributed by atoms with E-state index in [0.717, 1.165) is 30.3 Å². The highest BCUT2D eigenvalue weighted by molar-refractivity contribution is 5.95. The third-order valence-corrected chi connectivity index (χ3v) is 4.31. The van der Waals surface area contributed by atoms with Gasteiger partial charge in [-0.3, -0.25) is 14.6 Å². The Morgan fingerprint density at radius 2 is 2.17 bits per heavy atom. The smallest absolute Gasteiger partial charge is 0.229 e. The SMILES string of the molecule is CCC(=O)N1CCCC(C(=O)Nc2cnc3ccccc3c2)C1. The van der Waals surface area contributed by atoms with Crippen molar-refractivity contribution in [3.63, 3.8) is 0 Å². The number of nitrogens with zero attached hydrogens (tertiary/aromatic N) is 2. The van der Waals surface area contributed by atoms with Crippen molar-refractivity contribution in [2.75, 3.05) is 18.4 Å². The highest BCUT2D eigenvalue weighted by Gasteiger charge is 2.27. The highest BCUT2D eigenvalue weighted by atomic mass is 16.2. The van der Waals surface area contributed by atoms with Gasteiger partial charge in [-0.25, -0.2) is 0 Å². The molecule has 0 spiro atoms. The maximum absolute atomic E-state index is 12.5. The zero-order valence-electron chi connectivity index (χ0n) is 13.3. The number of carbonyl (C=O) groups excluding carboxylic acids is 2.